The average molecular weight is 460 g/mol. The summed E-state index contributed by atoms with van der Waals surface area (Å²) in [5, 5.41) is 6.92. The lowest BCUT2D eigenvalue weighted by Crippen LogP contribution is -2.26. The van der Waals surface area contributed by atoms with Gasteiger partial charge in [-0.25, -0.2) is 0 Å². The Morgan fingerprint density at radius 1 is 0.906 bits per heavy atom. The van der Waals surface area contributed by atoms with Crippen LogP contribution in [0.4, 0.5) is 5.69 Å². The molecule has 6 rings (SSSR count). The standard InChI is InChI=1S/C27H19Cl2NO2/c28-17-12-16(13-18(29)14-17)23-10-11-24(32-23)27-25-19-5-2-1-4-15(19)8-9-21(25)30-20-6-3-7-22(31)26(20)27/h1-2,4-5,8-14,27,30H,3,6-7H2. The van der Waals surface area contributed by atoms with E-state index in [0.29, 0.717) is 22.2 Å². The van der Waals surface area contributed by atoms with Gasteiger partial charge >= 0.3 is 0 Å². The third kappa shape index (κ3) is 3.16. The molecule has 1 unspecified atom stereocenters. The van der Waals surface area contributed by atoms with Crippen LogP contribution < -0.4 is 5.32 Å². The molecule has 2 heterocycles. The molecule has 0 saturated heterocycles. The van der Waals surface area contributed by atoms with E-state index in [1.807, 2.05) is 36.4 Å². The van der Waals surface area contributed by atoms with Gasteiger partial charge in [-0.15, -0.1) is 0 Å². The predicted molar refractivity (Wildman–Crippen MR) is 129 cm³/mol. The Labute approximate surface area is 195 Å². The topological polar surface area (TPSA) is 42.2 Å². The highest BCUT2D eigenvalue weighted by atomic mass is 35.5. The highest BCUT2D eigenvalue weighted by Gasteiger charge is 2.37. The molecule has 0 amide bonds. The van der Waals surface area contributed by atoms with Crippen LogP contribution >= 0.6 is 23.2 Å². The molecule has 2 aliphatic rings. The summed E-state index contributed by atoms with van der Waals surface area (Å²) in [5.74, 6) is 1.35. The van der Waals surface area contributed by atoms with Crippen LogP contribution in [-0.4, -0.2) is 5.78 Å². The highest BCUT2D eigenvalue weighted by molar-refractivity contribution is 6.35. The van der Waals surface area contributed by atoms with E-state index in [-0.39, 0.29) is 11.7 Å². The van der Waals surface area contributed by atoms with Crippen LogP contribution in [0.2, 0.25) is 10.0 Å². The summed E-state index contributed by atoms with van der Waals surface area (Å²) in [4.78, 5) is 13.1. The minimum absolute atomic E-state index is 0.186. The lowest BCUT2D eigenvalue weighted by Gasteiger charge is -2.33. The Balaban J connectivity index is 1.57. The van der Waals surface area contributed by atoms with Crippen LogP contribution in [0.25, 0.3) is 22.1 Å². The maximum atomic E-state index is 13.1. The molecule has 5 heteroatoms. The first-order valence-electron chi connectivity index (χ1n) is 10.7. The number of Topliss-reactive ketones (excluding diaryl/α,β-unsaturated/α-hetero) is 1. The quantitative estimate of drug-likeness (QED) is 0.330. The van der Waals surface area contributed by atoms with E-state index in [0.717, 1.165) is 57.5 Å². The van der Waals surface area contributed by atoms with Crippen molar-refractivity contribution in [3.05, 3.63) is 99.4 Å². The van der Waals surface area contributed by atoms with Gasteiger partial charge in [0.15, 0.2) is 5.78 Å². The fraction of sp³-hybridized carbons (Fsp3) is 0.148. The summed E-state index contributed by atoms with van der Waals surface area (Å²) in [6, 6.07) is 21.8. The summed E-state index contributed by atoms with van der Waals surface area (Å²) in [5.41, 5.74) is 4.76. The number of hydrogen-bond donors (Lipinski definition) is 1. The minimum Gasteiger partial charge on any atom is -0.460 e. The number of fused-ring (bicyclic) bond motifs is 3. The van der Waals surface area contributed by atoms with Gasteiger partial charge in [0.1, 0.15) is 11.5 Å². The second kappa shape index (κ2) is 7.54. The van der Waals surface area contributed by atoms with E-state index < -0.39 is 0 Å². The van der Waals surface area contributed by atoms with E-state index in [1.54, 1.807) is 6.07 Å². The van der Waals surface area contributed by atoms with Gasteiger partial charge < -0.3 is 9.73 Å². The smallest absolute Gasteiger partial charge is 0.161 e. The molecule has 3 nitrogen and oxygen atoms in total. The molecule has 3 aromatic carbocycles. The fourth-order valence-electron chi connectivity index (χ4n) is 4.99. The average Bonchev–Trinajstić information content (AvgIpc) is 3.27. The second-order valence-corrected chi connectivity index (χ2v) is 9.21. The molecule has 158 valence electrons. The van der Waals surface area contributed by atoms with Gasteiger partial charge in [0.25, 0.3) is 0 Å². The van der Waals surface area contributed by atoms with E-state index in [1.165, 1.54) is 0 Å². The first-order valence-corrected chi connectivity index (χ1v) is 11.5. The normalized spacial score (nSPS) is 17.8. The Hall–Kier alpha value is -3.01. The van der Waals surface area contributed by atoms with Crippen molar-refractivity contribution in [2.24, 2.45) is 0 Å². The molecule has 1 aliphatic carbocycles. The number of carbonyl (C=O) groups excluding carboxylic acids is 1. The molecule has 0 spiro atoms. The SMILES string of the molecule is O=C1CCCC2=C1C(c1ccc(-c3cc(Cl)cc(Cl)c3)o1)c1c(ccc3ccccc13)N2. The van der Waals surface area contributed by atoms with Crippen molar-refractivity contribution in [1.29, 1.82) is 0 Å². The van der Waals surface area contributed by atoms with Crippen LogP contribution in [0, 0.1) is 0 Å². The van der Waals surface area contributed by atoms with Crippen molar-refractivity contribution < 1.29 is 9.21 Å². The molecule has 0 bridgehead atoms. The van der Waals surface area contributed by atoms with Crippen LogP contribution in [0.3, 0.4) is 0 Å². The lowest BCUT2D eigenvalue weighted by molar-refractivity contribution is -0.116. The zero-order valence-corrected chi connectivity index (χ0v) is 18.6. The number of hydrogen-bond acceptors (Lipinski definition) is 3. The molecule has 1 aromatic heterocycles. The first-order chi connectivity index (χ1) is 15.6. The monoisotopic (exact) mass is 459 g/mol. The lowest BCUT2D eigenvalue weighted by atomic mass is 9.76. The van der Waals surface area contributed by atoms with Crippen LogP contribution in [0.5, 0.6) is 0 Å². The zero-order chi connectivity index (χ0) is 21.8. The summed E-state index contributed by atoms with van der Waals surface area (Å²) >= 11 is 12.4. The highest BCUT2D eigenvalue weighted by Crippen LogP contribution is 2.48. The molecule has 0 radical (unpaired) electrons. The van der Waals surface area contributed by atoms with Gasteiger partial charge in [0, 0.05) is 39.0 Å². The number of carbonyl (C=O) groups is 1. The molecule has 1 N–H and O–H groups in total. The van der Waals surface area contributed by atoms with Crippen LogP contribution in [0.1, 0.15) is 36.5 Å². The number of nitrogens with one attached hydrogen (secondary N) is 1. The zero-order valence-electron chi connectivity index (χ0n) is 17.1. The number of benzene rings is 3. The molecule has 1 aliphatic heterocycles. The van der Waals surface area contributed by atoms with Crippen molar-refractivity contribution in [3.63, 3.8) is 0 Å². The summed E-state index contributed by atoms with van der Waals surface area (Å²) in [7, 11) is 0. The summed E-state index contributed by atoms with van der Waals surface area (Å²) < 4.78 is 6.39. The second-order valence-electron chi connectivity index (χ2n) is 8.34. The van der Waals surface area contributed by atoms with Gasteiger partial charge in [-0.2, -0.15) is 0 Å². The minimum atomic E-state index is -0.261. The van der Waals surface area contributed by atoms with Gasteiger partial charge in [0.2, 0.25) is 0 Å². The van der Waals surface area contributed by atoms with Crippen LogP contribution in [-0.2, 0) is 4.79 Å². The number of ketones is 1. The predicted octanol–water partition coefficient (Wildman–Crippen LogP) is 7.97. The molecule has 0 fully saturated rings. The Morgan fingerprint density at radius 2 is 1.72 bits per heavy atom. The molecule has 32 heavy (non-hydrogen) atoms. The van der Waals surface area contributed by atoms with Gasteiger partial charge in [0.05, 0.1) is 5.92 Å². The number of furan rings is 1. The van der Waals surface area contributed by atoms with Crippen molar-refractivity contribution in [3.8, 4) is 11.3 Å². The first kappa shape index (κ1) is 19.7. The molecular formula is C27H19Cl2NO2. The van der Waals surface area contributed by atoms with Gasteiger partial charge in [-0.1, -0.05) is 53.5 Å². The Morgan fingerprint density at radius 3 is 2.56 bits per heavy atom. The number of rotatable bonds is 2. The number of allylic oxidation sites excluding steroid dienone is 2. The molecule has 0 saturated carbocycles. The van der Waals surface area contributed by atoms with E-state index in [4.69, 9.17) is 27.6 Å². The van der Waals surface area contributed by atoms with E-state index in [2.05, 4.69) is 29.6 Å². The van der Waals surface area contributed by atoms with E-state index >= 15 is 0 Å². The third-order valence-electron chi connectivity index (χ3n) is 6.35. The number of halogens is 2. The maximum Gasteiger partial charge on any atom is 0.161 e. The van der Waals surface area contributed by atoms with Crippen molar-refractivity contribution in [2.45, 2.75) is 25.2 Å². The fourth-order valence-corrected chi connectivity index (χ4v) is 5.52. The molecular weight excluding hydrogens is 441 g/mol. The van der Waals surface area contributed by atoms with Gasteiger partial charge in [-0.05, 0) is 65.6 Å². The Bertz CT molecular complexity index is 1410. The third-order valence-corrected chi connectivity index (χ3v) is 6.78. The Kier molecular flexibility index (Phi) is 4.63. The van der Waals surface area contributed by atoms with Crippen molar-refractivity contribution >= 4 is 45.4 Å². The molecule has 1 atom stereocenters. The van der Waals surface area contributed by atoms with E-state index in [9.17, 15) is 4.79 Å². The number of anilines is 1. The molecule has 4 aromatic rings. The largest absolute Gasteiger partial charge is 0.460 e. The van der Waals surface area contributed by atoms with Gasteiger partial charge in [-0.3, -0.25) is 4.79 Å². The summed E-state index contributed by atoms with van der Waals surface area (Å²) in [6.45, 7) is 0. The maximum absolute atomic E-state index is 13.1. The summed E-state index contributed by atoms with van der Waals surface area (Å²) in [6.07, 6.45) is 2.29. The van der Waals surface area contributed by atoms with Crippen molar-refractivity contribution in [1.82, 2.24) is 0 Å². The van der Waals surface area contributed by atoms with Crippen molar-refractivity contribution in [2.75, 3.05) is 5.32 Å². The van der Waals surface area contributed by atoms with Crippen LogP contribution in [0.15, 0.2) is 82.4 Å².